The molecule has 0 spiro atoms. The van der Waals surface area contributed by atoms with Crippen molar-refractivity contribution in [2.24, 2.45) is 0 Å². The Morgan fingerprint density at radius 2 is 1.92 bits per heavy atom. The molecule has 1 fully saturated rings. The molecule has 0 amide bonds. The molecule has 4 aromatic heterocycles. The average molecular weight is 516 g/mol. The second-order valence-electron chi connectivity index (χ2n) is 9.68. The van der Waals surface area contributed by atoms with Crippen molar-refractivity contribution < 1.29 is 13.5 Å². The molecule has 0 radical (unpaired) electrons. The first-order chi connectivity index (χ1) is 18.4. The maximum absolute atomic E-state index is 13.8. The number of ether oxygens (including phenoxy) is 1. The number of nitrogens with one attached hydrogen (secondary N) is 1. The van der Waals surface area contributed by atoms with Crippen LogP contribution in [0.1, 0.15) is 42.7 Å². The predicted octanol–water partition coefficient (Wildman–Crippen LogP) is 5.86. The normalized spacial score (nSPS) is 15.7. The summed E-state index contributed by atoms with van der Waals surface area (Å²) in [6.45, 7) is 0.305. The van der Waals surface area contributed by atoms with Crippen molar-refractivity contribution in [3.05, 3.63) is 72.4 Å². The van der Waals surface area contributed by atoms with Crippen molar-refractivity contribution in [1.29, 1.82) is 0 Å². The Morgan fingerprint density at radius 1 is 1.11 bits per heavy atom. The Labute approximate surface area is 217 Å². The third kappa shape index (κ3) is 4.57. The quantitative estimate of drug-likeness (QED) is 0.292. The number of pyridine rings is 2. The van der Waals surface area contributed by atoms with Crippen molar-refractivity contribution in [1.82, 2.24) is 24.5 Å². The zero-order chi connectivity index (χ0) is 26.3. The van der Waals surface area contributed by atoms with Gasteiger partial charge in [-0.3, -0.25) is 9.55 Å². The number of anilines is 2. The Hall–Kier alpha value is -4.34. The molecule has 5 aromatic rings. The molecule has 0 atom stereocenters. The highest BCUT2D eigenvalue weighted by molar-refractivity contribution is 5.91. The van der Waals surface area contributed by atoms with E-state index in [9.17, 15) is 8.78 Å². The lowest BCUT2D eigenvalue weighted by Gasteiger charge is -2.28. The fraction of sp³-hybridized carbons (Fsp3) is 0.286. The molecule has 0 bridgehead atoms. The first-order valence-electron chi connectivity index (χ1n) is 12.5. The Balaban J connectivity index is 1.28. The second kappa shape index (κ2) is 9.51. The zero-order valence-electron chi connectivity index (χ0n) is 20.9. The van der Waals surface area contributed by atoms with Gasteiger partial charge >= 0.3 is 0 Å². The van der Waals surface area contributed by atoms with E-state index in [1.807, 2.05) is 54.2 Å². The molecule has 0 aliphatic heterocycles. The van der Waals surface area contributed by atoms with Gasteiger partial charge in [0.15, 0.2) is 0 Å². The summed E-state index contributed by atoms with van der Waals surface area (Å²) in [7, 11) is 1.83. The van der Waals surface area contributed by atoms with Crippen LogP contribution < -0.4 is 15.8 Å². The van der Waals surface area contributed by atoms with Gasteiger partial charge in [0.25, 0.3) is 0 Å². The molecule has 8 nitrogen and oxygen atoms in total. The van der Waals surface area contributed by atoms with Crippen LogP contribution in [-0.2, 0) is 6.61 Å². The molecule has 1 aliphatic carbocycles. The van der Waals surface area contributed by atoms with Crippen molar-refractivity contribution in [2.75, 3.05) is 18.1 Å². The molecular formula is C28H27F2N7O. The van der Waals surface area contributed by atoms with Gasteiger partial charge in [-0.2, -0.15) is 0 Å². The number of aromatic nitrogens is 5. The predicted molar refractivity (Wildman–Crippen MR) is 143 cm³/mol. The molecule has 0 saturated heterocycles. The summed E-state index contributed by atoms with van der Waals surface area (Å²) in [6, 6.07) is 11.7. The van der Waals surface area contributed by atoms with Gasteiger partial charge in [-0.25, -0.2) is 23.7 Å². The minimum absolute atomic E-state index is 0.0314. The van der Waals surface area contributed by atoms with Crippen molar-refractivity contribution in [2.45, 2.75) is 44.1 Å². The zero-order valence-corrected chi connectivity index (χ0v) is 20.9. The molecule has 10 heteroatoms. The van der Waals surface area contributed by atoms with Crippen LogP contribution in [0.4, 0.5) is 20.4 Å². The molecule has 0 unspecified atom stereocenters. The number of fused-ring (bicyclic) bond motifs is 2. The second-order valence-corrected chi connectivity index (χ2v) is 9.68. The third-order valence-corrected chi connectivity index (χ3v) is 7.18. The van der Waals surface area contributed by atoms with Gasteiger partial charge < -0.3 is 15.8 Å². The maximum Gasteiger partial charge on any atom is 0.248 e. The number of nitrogens with two attached hydrogens (primary N) is 1. The summed E-state index contributed by atoms with van der Waals surface area (Å²) >= 11 is 0. The Kier molecular flexibility index (Phi) is 6.01. The number of benzene rings is 1. The van der Waals surface area contributed by atoms with Gasteiger partial charge in [-0.1, -0.05) is 0 Å². The van der Waals surface area contributed by atoms with Crippen LogP contribution in [0.25, 0.3) is 27.6 Å². The van der Waals surface area contributed by atoms with Crippen molar-refractivity contribution >= 4 is 33.6 Å². The van der Waals surface area contributed by atoms with Crippen molar-refractivity contribution in [3.63, 3.8) is 0 Å². The highest BCUT2D eigenvalue weighted by Gasteiger charge is 2.36. The average Bonchev–Trinajstić information content (AvgIpc) is 3.32. The molecule has 1 aliphatic rings. The van der Waals surface area contributed by atoms with E-state index in [0.29, 0.717) is 42.0 Å². The van der Waals surface area contributed by atoms with Gasteiger partial charge in [0.2, 0.25) is 5.92 Å². The number of rotatable bonds is 6. The standard InChI is InChI=1S/C28H27F2N7O/c1-32-24-5-3-19-2-4-21(11-23(19)36-24)38-15-17-10-20(13-33-12-17)37-14-22(18-6-8-28(29,30)9-7-18)25-26(31)34-16-35-27(25)37/h2-5,10-14,16,18H,6-9,15H2,1H3,(H,32,36)(H2,31,34,35). The molecule has 1 saturated carbocycles. The van der Waals surface area contributed by atoms with Crippen LogP contribution in [0.5, 0.6) is 5.75 Å². The summed E-state index contributed by atoms with van der Waals surface area (Å²) in [5.74, 6) is -0.801. The minimum Gasteiger partial charge on any atom is -0.489 e. The van der Waals surface area contributed by atoms with Gasteiger partial charge in [0.1, 0.15) is 36.0 Å². The third-order valence-electron chi connectivity index (χ3n) is 7.18. The highest BCUT2D eigenvalue weighted by atomic mass is 19.3. The molecule has 3 N–H and O–H groups in total. The number of alkyl halides is 2. The van der Waals surface area contributed by atoms with E-state index >= 15 is 0 Å². The summed E-state index contributed by atoms with van der Waals surface area (Å²) in [5.41, 5.74) is 10.3. The van der Waals surface area contributed by atoms with Gasteiger partial charge in [-0.15, -0.1) is 0 Å². The van der Waals surface area contributed by atoms with Crippen LogP contribution >= 0.6 is 0 Å². The first-order valence-corrected chi connectivity index (χ1v) is 12.5. The SMILES string of the molecule is CNc1ccc2ccc(OCc3cncc(-n4cc(C5CCC(F)(F)CC5)c5c(N)ncnc54)c3)cc2n1. The smallest absolute Gasteiger partial charge is 0.248 e. The summed E-state index contributed by atoms with van der Waals surface area (Å²) in [6.07, 6.45) is 7.37. The van der Waals surface area contributed by atoms with E-state index in [1.165, 1.54) is 6.33 Å². The number of halogens is 2. The van der Waals surface area contributed by atoms with Gasteiger partial charge in [0.05, 0.1) is 22.8 Å². The lowest BCUT2D eigenvalue weighted by Crippen LogP contribution is -2.23. The van der Waals surface area contributed by atoms with E-state index < -0.39 is 5.92 Å². The minimum atomic E-state index is -2.61. The van der Waals surface area contributed by atoms with E-state index in [1.54, 1.807) is 12.4 Å². The summed E-state index contributed by atoms with van der Waals surface area (Å²) in [5, 5.41) is 4.79. The Morgan fingerprint density at radius 3 is 2.74 bits per heavy atom. The summed E-state index contributed by atoms with van der Waals surface area (Å²) < 4.78 is 35.6. The number of hydrogen-bond acceptors (Lipinski definition) is 7. The topological polar surface area (TPSA) is 104 Å². The fourth-order valence-electron chi connectivity index (χ4n) is 5.15. The molecule has 194 valence electrons. The molecule has 1 aromatic carbocycles. The number of hydrogen-bond donors (Lipinski definition) is 2. The van der Waals surface area contributed by atoms with E-state index in [0.717, 1.165) is 33.5 Å². The van der Waals surface area contributed by atoms with Crippen molar-refractivity contribution in [3.8, 4) is 11.4 Å². The molecule has 6 rings (SSSR count). The van der Waals surface area contributed by atoms with Crippen LogP contribution in [0.3, 0.4) is 0 Å². The van der Waals surface area contributed by atoms with Crippen LogP contribution in [0.2, 0.25) is 0 Å². The largest absolute Gasteiger partial charge is 0.489 e. The van der Waals surface area contributed by atoms with Gasteiger partial charge in [0, 0.05) is 49.3 Å². The Bertz CT molecular complexity index is 1620. The maximum atomic E-state index is 13.8. The van der Waals surface area contributed by atoms with Crippen LogP contribution in [0, 0.1) is 0 Å². The van der Waals surface area contributed by atoms with Gasteiger partial charge in [-0.05, 0) is 54.7 Å². The van der Waals surface area contributed by atoms with Crippen LogP contribution in [0.15, 0.2) is 61.3 Å². The van der Waals surface area contributed by atoms with Crippen LogP contribution in [-0.4, -0.2) is 37.5 Å². The molecule has 4 heterocycles. The summed E-state index contributed by atoms with van der Waals surface area (Å²) in [4.78, 5) is 17.7. The molecular weight excluding hydrogens is 488 g/mol. The van der Waals surface area contributed by atoms with E-state index in [-0.39, 0.29) is 18.8 Å². The monoisotopic (exact) mass is 515 g/mol. The lowest BCUT2D eigenvalue weighted by atomic mass is 9.82. The fourth-order valence-corrected chi connectivity index (χ4v) is 5.15. The number of nitrogen functional groups attached to an aromatic ring is 1. The number of nitrogens with zero attached hydrogens (tertiary/aromatic N) is 5. The molecule has 38 heavy (non-hydrogen) atoms. The van der Waals surface area contributed by atoms with E-state index in [4.69, 9.17) is 10.5 Å². The van der Waals surface area contributed by atoms with E-state index in [2.05, 4.69) is 25.3 Å². The lowest BCUT2D eigenvalue weighted by molar-refractivity contribution is -0.0381. The first kappa shape index (κ1) is 24.0. The highest BCUT2D eigenvalue weighted by Crippen LogP contribution is 2.44.